The Morgan fingerprint density at radius 2 is 1.83 bits per heavy atom. The molecule has 2 N–H and O–H groups in total. The minimum atomic E-state index is -0.534. The lowest BCUT2D eigenvalue weighted by Crippen LogP contribution is -2.09. The SMILES string of the molecule is CCCCc1nc(O)c(CC(=O)OCC)c(O)n1. The summed E-state index contributed by atoms with van der Waals surface area (Å²) in [5, 5.41) is 19.3. The van der Waals surface area contributed by atoms with Crippen LogP contribution in [0.5, 0.6) is 11.8 Å². The van der Waals surface area contributed by atoms with Crippen molar-refractivity contribution in [3.05, 3.63) is 11.4 Å². The lowest BCUT2D eigenvalue weighted by molar-refractivity contribution is -0.142. The molecule has 0 saturated carbocycles. The van der Waals surface area contributed by atoms with Crippen molar-refractivity contribution in [2.45, 2.75) is 39.5 Å². The molecule has 100 valence electrons. The fourth-order valence-electron chi connectivity index (χ4n) is 1.47. The first-order valence-electron chi connectivity index (χ1n) is 6.01. The second kappa shape index (κ2) is 6.78. The zero-order valence-corrected chi connectivity index (χ0v) is 10.6. The average Bonchev–Trinajstić information content (AvgIpc) is 2.31. The van der Waals surface area contributed by atoms with Crippen molar-refractivity contribution < 1.29 is 19.7 Å². The summed E-state index contributed by atoms with van der Waals surface area (Å²) in [6.07, 6.45) is 2.18. The maximum atomic E-state index is 11.3. The van der Waals surface area contributed by atoms with E-state index >= 15 is 0 Å². The predicted molar refractivity (Wildman–Crippen MR) is 64.3 cm³/mol. The molecule has 0 radical (unpaired) electrons. The van der Waals surface area contributed by atoms with E-state index in [1.54, 1.807) is 6.92 Å². The van der Waals surface area contributed by atoms with Gasteiger partial charge in [-0.15, -0.1) is 0 Å². The number of rotatable bonds is 6. The van der Waals surface area contributed by atoms with Crippen molar-refractivity contribution in [2.24, 2.45) is 0 Å². The summed E-state index contributed by atoms with van der Waals surface area (Å²) in [6, 6.07) is 0. The van der Waals surface area contributed by atoms with Crippen LogP contribution in [0.2, 0.25) is 0 Å². The van der Waals surface area contributed by atoms with Gasteiger partial charge in [-0.05, 0) is 13.3 Å². The monoisotopic (exact) mass is 254 g/mol. The molecule has 0 aromatic carbocycles. The number of nitrogens with zero attached hydrogens (tertiary/aromatic N) is 2. The number of hydrogen-bond donors (Lipinski definition) is 2. The number of aromatic nitrogens is 2. The zero-order chi connectivity index (χ0) is 13.5. The van der Waals surface area contributed by atoms with Gasteiger partial charge >= 0.3 is 5.97 Å². The second-order valence-electron chi connectivity index (χ2n) is 3.85. The molecule has 0 atom stereocenters. The van der Waals surface area contributed by atoms with Gasteiger partial charge in [0.05, 0.1) is 18.6 Å². The molecule has 1 aromatic rings. The van der Waals surface area contributed by atoms with Gasteiger partial charge < -0.3 is 14.9 Å². The summed E-state index contributed by atoms with van der Waals surface area (Å²) >= 11 is 0. The minimum absolute atomic E-state index is 0.00805. The van der Waals surface area contributed by atoms with Crippen molar-refractivity contribution in [3.63, 3.8) is 0 Å². The minimum Gasteiger partial charge on any atom is -0.493 e. The van der Waals surface area contributed by atoms with Crippen LogP contribution in [0, 0.1) is 0 Å². The first-order valence-corrected chi connectivity index (χ1v) is 6.01. The van der Waals surface area contributed by atoms with Crippen LogP contribution in [0.1, 0.15) is 38.1 Å². The van der Waals surface area contributed by atoms with Crippen molar-refractivity contribution >= 4 is 5.97 Å². The Kier molecular flexibility index (Phi) is 5.35. The third kappa shape index (κ3) is 3.87. The van der Waals surface area contributed by atoms with Gasteiger partial charge in [0.2, 0.25) is 11.8 Å². The Labute approximate surface area is 106 Å². The van der Waals surface area contributed by atoms with Crippen LogP contribution in [0.25, 0.3) is 0 Å². The van der Waals surface area contributed by atoms with Gasteiger partial charge in [-0.25, -0.2) is 0 Å². The van der Waals surface area contributed by atoms with E-state index in [9.17, 15) is 15.0 Å². The van der Waals surface area contributed by atoms with E-state index in [2.05, 4.69) is 9.97 Å². The number of unbranched alkanes of at least 4 members (excludes halogenated alkanes) is 1. The Morgan fingerprint density at radius 1 is 1.22 bits per heavy atom. The normalized spacial score (nSPS) is 10.3. The molecular weight excluding hydrogens is 236 g/mol. The fourth-order valence-corrected chi connectivity index (χ4v) is 1.47. The smallest absolute Gasteiger partial charge is 0.310 e. The van der Waals surface area contributed by atoms with Gasteiger partial charge in [0.1, 0.15) is 5.82 Å². The molecule has 0 saturated heterocycles. The number of hydrogen-bond acceptors (Lipinski definition) is 6. The zero-order valence-electron chi connectivity index (χ0n) is 10.6. The largest absolute Gasteiger partial charge is 0.493 e. The molecule has 18 heavy (non-hydrogen) atoms. The van der Waals surface area contributed by atoms with Gasteiger partial charge in [0, 0.05) is 6.42 Å². The molecule has 0 amide bonds. The number of esters is 1. The van der Waals surface area contributed by atoms with Crippen molar-refractivity contribution in [1.82, 2.24) is 9.97 Å². The molecule has 6 nitrogen and oxygen atoms in total. The Balaban J connectivity index is 2.83. The Morgan fingerprint density at radius 3 is 2.33 bits per heavy atom. The number of carbonyl (C=O) groups excluding carboxylic acids is 1. The molecule has 0 fully saturated rings. The molecule has 0 aliphatic rings. The second-order valence-corrected chi connectivity index (χ2v) is 3.85. The Hall–Kier alpha value is -1.85. The maximum Gasteiger partial charge on any atom is 0.310 e. The van der Waals surface area contributed by atoms with E-state index < -0.39 is 5.97 Å². The molecule has 6 heteroatoms. The fraction of sp³-hybridized carbons (Fsp3) is 0.583. The van der Waals surface area contributed by atoms with E-state index in [1.165, 1.54) is 0 Å². The summed E-state index contributed by atoms with van der Waals surface area (Å²) in [5.41, 5.74) is 0.00805. The highest BCUT2D eigenvalue weighted by Gasteiger charge is 2.17. The highest BCUT2D eigenvalue weighted by molar-refractivity contribution is 5.74. The first-order chi connectivity index (χ1) is 8.58. The van der Waals surface area contributed by atoms with Crippen LogP contribution < -0.4 is 0 Å². The predicted octanol–water partition coefficient (Wildman–Crippen LogP) is 1.34. The van der Waals surface area contributed by atoms with Crippen molar-refractivity contribution in [2.75, 3.05) is 6.61 Å². The van der Waals surface area contributed by atoms with Gasteiger partial charge in [0.25, 0.3) is 0 Å². The van der Waals surface area contributed by atoms with Crippen LogP contribution in [-0.2, 0) is 22.4 Å². The summed E-state index contributed by atoms with van der Waals surface area (Å²) in [5.74, 6) is -0.879. The molecule has 1 rings (SSSR count). The third-order valence-electron chi connectivity index (χ3n) is 2.39. The summed E-state index contributed by atoms with van der Waals surface area (Å²) in [7, 11) is 0. The standard InChI is InChI=1S/C12H18N2O4/c1-3-5-6-9-13-11(16)8(12(17)14-9)7-10(15)18-4-2/h3-7H2,1-2H3,(H2,13,14,16,17). The van der Waals surface area contributed by atoms with Crippen LogP contribution >= 0.6 is 0 Å². The summed E-state index contributed by atoms with van der Waals surface area (Å²) in [4.78, 5) is 19.0. The molecule has 0 bridgehead atoms. The Bertz CT molecular complexity index is 398. The van der Waals surface area contributed by atoms with Crippen LogP contribution in [-0.4, -0.2) is 32.8 Å². The van der Waals surface area contributed by atoms with Gasteiger partial charge in [-0.1, -0.05) is 13.3 Å². The average molecular weight is 254 g/mol. The third-order valence-corrected chi connectivity index (χ3v) is 2.39. The highest BCUT2D eigenvalue weighted by atomic mass is 16.5. The lowest BCUT2D eigenvalue weighted by Gasteiger charge is -2.07. The molecule has 0 aliphatic heterocycles. The number of aromatic hydroxyl groups is 2. The maximum absolute atomic E-state index is 11.3. The van der Waals surface area contributed by atoms with Crippen LogP contribution in [0.3, 0.4) is 0 Å². The van der Waals surface area contributed by atoms with Crippen LogP contribution in [0.15, 0.2) is 0 Å². The number of ether oxygens (including phenoxy) is 1. The molecule has 0 spiro atoms. The molecule has 0 unspecified atom stereocenters. The van der Waals surface area contributed by atoms with Crippen LogP contribution in [0.4, 0.5) is 0 Å². The van der Waals surface area contributed by atoms with Gasteiger partial charge in [-0.2, -0.15) is 9.97 Å². The molecular formula is C12H18N2O4. The molecule has 0 aliphatic carbocycles. The van der Waals surface area contributed by atoms with E-state index in [0.29, 0.717) is 12.2 Å². The van der Waals surface area contributed by atoms with E-state index in [1.807, 2.05) is 6.92 Å². The van der Waals surface area contributed by atoms with Gasteiger partial charge in [-0.3, -0.25) is 4.79 Å². The summed E-state index contributed by atoms with van der Waals surface area (Å²) in [6.45, 7) is 3.95. The van der Waals surface area contributed by atoms with Gasteiger partial charge in [0.15, 0.2) is 0 Å². The van der Waals surface area contributed by atoms with E-state index in [-0.39, 0.29) is 30.4 Å². The number of carbonyl (C=O) groups is 1. The highest BCUT2D eigenvalue weighted by Crippen LogP contribution is 2.24. The topological polar surface area (TPSA) is 92.5 Å². The lowest BCUT2D eigenvalue weighted by atomic mass is 10.2. The molecule has 1 heterocycles. The summed E-state index contributed by atoms with van der Waals surface area (Å²) < 4.78 is 4.73. The quantitative estimate of drug-likeness (QED) is 0.744. The van der Waals surface area contributed by atoms with E-state index in [4.69, 9.17) is 4.74 Å². The van der Waals surface area contributed by atoms with Crippen molar-refractivity contribution in [3.8, 4) is 11.8 Å². The number of aryl methyl sites for hydroxylation is 1. The molecule has 1 aromatic heterocycles. The first kappa shape index (κ1) is 14.2. The van der Waals surface area contributed by atoms with E-state index in [0.717, 1.165) is 12.8 Å². The van der Waals surface area contributed by atoms with Crippen molar-refractivity contribution in [1.29, 1.82) is 0 Å².